The summed E-state index contributed by atoms with van der Waals surface area (Å²) in [5, 5.41) is 0. The normalized spacial score (nSPS) is 13.8. The van der Waals surface area contributed by atoms with Crippen LogP contribution in [0.3, 0.4) is 0 Å². The molecule has 1 aliphatic rings. The van der Waals surface area contributed by atoms with E-state index in [-0.39, 0.29) is 0 Å². The maximum Gasteiger partial charge on any atom is 0.189 e. The van der Waals surface area contributed by atoms with Gasteiger partial charge >= 0.3 is 0 Å². The van der Waals surface area contributed by atoms with Crippen LogP contribution in [-0.4, -0.2) is 16.3 Å². The van der Waals surface area contributed by atoms with E-state index >= 15 is 0 Å². The molecule has 5 nitrogen and oxygen atoms in total. The van der Waals surface area contributed by atoms with E-state index in [1.807, 2.05) is 24.5 Å². The predicted molar refractivity (Wildman–Crippen MR) is 76.5 cm³/mol. The number of nitrogen functional groups attached to an aromatic ring is 1. The van der Waals surface area contributed by atoms with Gasteiger partial charge in [0, 0.05) is 35.6 Å². The Morgan fingerprint density at radius 3 is 3.15 bits per heavy atom. The van der Waals surface area contributed by atoms with Crippen LogP contribution in [0.2, 0.25) is 0 Å². The SMILES string of the molecule is CCCc1nccn1Cc1cc(N)cc2c1OCOC2. The highest BCUT2D eigenvalue weighted by atomic mass is 16.7. The lowest BCUT2D eigenvalue weighted by atomic mass is 10.1. The molecule has 0 amide bonds. The molecule has 2 N–H and O–H groups in total. The summed E-state index contributed by atoms with van der Waals surface area (Å²) in [6.45, 7) is 3.74. The van der Waals surface area contributed by atoms with Gasteiger partial charge in [0.1, 0.15) is 11.6 Å². The molecule has 0 radical (unpaired) electrons. The second-order valence-corrected chi connectivity index (χ2v) is 5.00. The lowest BCUT2D eigenvalue weighted by Crippen LogP contribution is -2.15. The summed E-state index contributed by atoms with van der Waals surface area (Å²) in [4.78, 5) is 4.40. The molecule has 3 rings (SSSR count). The van der Waals surface area contributed by atoms with E-state index in [2.05, 4.69) is 16.5 Å². The summed E-state index contributed by atoms with van der Waals surface area (Å²) in [5.41, 5.74) is 8.81. The molecule has 106 valence electrons. The van der Waals surface area contributed by atoms with Crippen LogP contribution in [0.25, 0.3) is 0 Å². The van der Waals surface area contributed by atoms with Gasteiger partial charge in [0.15, 0.2) is 6.79 Å². The molecule has 0 saturated heterocycles. The number of aryl methyl sites for hydroxylation is 1. The van der Waals surface area contributed by atoms with Crippen LogP contribution in [0.5, 0.6) is 5.75 Å². The van der Waals surface area contributed by atoms with Gasteiger partial charge in [-0.1, -0.05) is 6.92 Å². The van der Waals surface area contributed by atoms with Crippen molar-refractivity contribution in [2.24, 2.45) is 0 Å². The zero-order chi connectivity index (χ0) is 13.9. The number of rotatable bonds is 4. The molecule has 0 saturated carbocycles. The topological polar surface area (TPSA) is 62.3 Å². The molecule has 5 heteroatoms. The van der Waals surface area contributed by atoms with Crippen molar-refractivity contribution in [3.63, 3.8) is 0 Å². The van der Waals surface area contributed by atoms with Crippen molar-refractivity contribution in [2.45, 2.75) is 32.9 Å². The van der Waals surface area contributed by atoms with Gasteiger partial charge in [-0.25, -0.2) is 4.98 Å². The molecule has 0 aliphatic carbocycles. The second kappa shape index (κ2) is 5.54. The lowest BCUT2D eigenvalue weighted by Gasteiger charge is -2.22. The van der Waals surface area contributed by atoms with E-state index in [0.717, 1.165) is 47.8 Å². The molecule has 0 atom stereocenters. The molecule has 1 aromatic heterocycles. The minimum absolute atomic E-state index is 0.301. The number of hydrogen-bond donors (Lipinski definition) is 1. The number of nitrogens with zero attached hydrogens (tertiary/aromatic N) is 2. The minimum Gasteiger partial charge on any atom is -0.467 e. The van der Waals surface area contributed by atoms with Gasteiger partial charge in [-0.3, -0.25) is 0 Å². The lowest BCUT2D eigenvalue weighted by molar-refractivity contribution is -0.0170. The Hall–Kier alpha value is -2.01. The molecule has 2 heterocycles. The third-order valence-corrected chi connectivity index (χ3v) is 3.43. The van der Waals surface area contributed by atoms with E-state index in [0.29, 0.717) is 13.4 Å². The fourth-order valence-electron chi connectivity index (χ4n) is 2.56. The van der Waals surface area contributed by atoms with Gasteiger partial charge in [0.2, 0.25) is 0 Å². The highest BCUT2D eigenvalue weighted by Gasteiger charge is 2.17. The molecule has 1 aromatic carbocycles. The molecule has 0 fully saturated rings. The van der Waals surface area contributed by atoms with Gasteiger partial charge in [-0.05, 0) is 18.6 Å². The molecule has 0 bridgehead atoms. The highest BCUT2D eigenvalue weighted by molar-refractivity contribution is 5.53. The number of ether oxygens (including phenoxy) is 2. The first-order valence-corrected chi connectivity index (χ1v) is 6.89. The van der Waals surface area contributed by atoms with Gasteiger partial charge in [-0.15, -0.1) is 0 Å². The van der Waals surface area contributed by atoms with Crippen LogP contribution in [-0.2, 0) is 24.3 Å². The number of benzene rings is 1. The molecule has 1 aliphatic heterocycles. The number of fused-ring (bicyclic) bond motifs is 1. The van der Waals surface area contributed by atoms with Crippen molar-refractivity contribution in [2.75, 3.05) is 12.5 Å². The highest BCUT2D eigenvalue weighted by Crippen LogP contribution is 2.31. The average Bonchev–Trinajstić information content (AvgIpc) is 2.86. The largest absolute Gasteiger partial charge is 0.467 e. The molecule has 2 aromatic rings. The van der Waals surface area contributed by atoms with E-state index in [1.165, 1.54) is 0 Å². The fraction of sp³-hybridized carbons (Fsp3) is 0.400. The van der Waals surface area contributed by atoms with Crippen LogP contribution in [0, 0.1) is 0 Å². The molecule has 20 heavy (non-hydrogen) atoms. The maximum absolute atomic E-state index is 5.97. The van der Waals surface area contributed by atoms with Crippen molar-refractivity contribution in [3.8, 4) is 5.75 Å². The third kappa shape index (κ3) is 2.49. The van der Waals surface area contributed by atoms with Gasteiger partial charge in [0.25, 0.3) is 0 Å². The number of imidazole rings is 1. The first-order valence-electron chi connectivity index (χ1n) is 6.89. The standard InChI is InChI=1S/C15H19N3O2/c1-2-3-14-17-4-5-18(14)8-11-6-13(16)7-12-9-19-10-20-15(11)12/h4-7H,2-3,8-10,16H2,1H3. The Labute approximate surface area is 118 Å². The maximum atomic E-state index is 5.97. The quantitative estimate of drug-likeness (QED) is 0.868. The Morgan fingerprint density at radius 1 is 1.40 bits per heavy atom. The van der Waals surface area contributed by atoms with Crippen LogP contribution in [0.1, 0.15) is 30.3 Å². The van der Waals surface area contributed by atoms with Gasteiger partial charge in [-0.2, -0.15) is 0 Å². The Bertz CT molecular complexity index is 607. The summed E-state index contributed by atoms with van der Waals surface area (Å²) in [6.07, 6.45) is 5.89. The Balaban J connectivity index is 1.94. The summed E-state index contributed by atoms with van der Waals surface area (Å²) < 4.78 is 13.1. The van der Waals surface area contributed by atoms with Gasteiger partial charge in [0.05, 0.1) is 13.2 Å². The van der Waals surface area contributed by atoms with Crippen LogP contribution >= 0.6 is 0 Å². The molecular weight excluding hydrogens is 254 g/mol. The summed E-state index contributed by atoms with van der Waals surface area (Å²) in [7, 11) is 0. The smallest absolute Gasteiger partial charge is 0.189 e. The van der Waals surface area contributed by atoms with E-state index in [4.69, 9.17) is 15.2 Å². The van der Waals surface area contributed by atoms with E-state index in [1.54, 1.807) is 0 Å². The summed E-state index contributed by atoms with van der Waals surface area (Å²) in [5.74, 6) is 2.00. The fourth-order valence-corrected chi connectivity index (χ4v) is 2.56. The minimum atomic E-state index is 0.301. The van der Waals surface area contributed by atoms with Gasteiger partial charge < -0.3 is 19.8 Å². The number of nitrogens with two attached hydrogens (primary N) is 1. The zero-order valence-corrected chi connectivity index (χ0v) is 11.6. The predicted octanol–water partition coefficient (Wildman–Crippen LogP) is 2.33. The molecule has 0 spiro atoms. The molecule has 0 unspecified atom stereocenters. The van der Waals surface area contributed by atoms with Crippen LogP contribution < -0.4 is 10.5 Å². The number of hydrogen-bond acceptors (Lipinski definition) is 4. The van der Waals surface area contributed by atoms with Crippen molar-refractivity contribution >= 4 is 5.69 Å². The number of anilines is 1. The Morgan fingerprint density at radius 2 is 2.30 bits per heavy atom. The van der Waals surface area contributed by atoms with Crippen LogP contribution in [0.15, 0.2) is 24.5 Å². The van der Waals surface area contributed by atoms with Crippen molar-refractivity contribution in [3.05, 3.63) is 41.5 Å². The average molecular weight is 273 g/mol. The summed E-state index contributed by atoms with van der Waals surface area (Å²) >= 11 is 0. The van der Waals surface area contributed by atoms with E-state index in [9.17, 15) is 0 Å². The third-order valence-electron chi connectivity index (χ3n) is 3.43. The second-order valence-electron chi connectivity index (χ2n) is 5.00. The van der Waals surface area contributed by atoms with Crippen molar-refractivity contribution in [1.82, 2.24) is 9.55 Å². The zero-order valence-electron chi connectivity index (χ0n) is 11.6. The van der Waals surface area contributed by atoms with Crippen molar-refractivity contribution < 1.29 is 9.47 Å². The number of aromatic nitrogens is 2. The monoisotopic (exact) mass is 273 g/mol. The van der Waals surface area contributed by atoms with Crippen LogP contribution in [0.4, 0.5) is 5.69 Å². The molecular formula is C15H19N3O2. The summed E-state index contributed by atoms with van der Waals surface area (Å²) in [6, 6.07) is 3.89. The Kier molecular flexibility index (Phi) is 3.60. The first kappa shape index (κ1) is 13.0. The van der Waals surface area contributed by atoms with E-state index < -0.39 is 0 Å². The van der Waals surface area contributed by atoms with Crippen molar-refractivity contribution in [1.29, 1.82) is 0 Å². The first-order chi connectivity index (χ1) is 9.78.